The number of esters is 1. The Balaban J connectivity index is 2.69. The molecule has 0 amide bonds. The van der Waals surface area contributed by atoms with E-state index in [0.29, 0.717) is 17.4 Å². The van der Waals surface area contributed by atoms with Crippen molar-refractivity contribution in [2.24, 2.45) is 0 Å². The first kappa shape index (κ1) is 12.8. The van der Waals surface area contributed by atoms with E-state index in [0.717, 1.165) is 5.56 Å². The van der Waals surface area contributed by atoms with E-state index in [4.69, 9.17) is 21.1 Å². The van der Waals surface area contributed by atoms with Gasteiger partial charge in [-0.3, -0.25) is 0 Å². The Hall–Kier alpha value is -1.22. The van der Waals surface area contributed by atoms with Gasteiger partial charge in [0.05, 0.1) is 6.61 Å². The molecule has 0 bridgehead atoms. The number of carbonyl (C=O) groups is 1. The van der Waals surface area contributed by atoms with Crippen molar-refractivity contribution < 1.29 is 14.3 Å². The zero-order chi connectivity index (χ0) is 12.1. The second kappa shape index (κ2) is 5.75. The number of ether oxygens (including phenoxy) is 2. The minimum atomic E-state index is -0.611. The molecule has 0 aromatic heterocycles. The van der Waals surface area contributed by atoms with Gasteiger partial charge in [-0.1, -0.05) is 11.6 Å². The summed E-state index contributed by atoms with van der Waals surface area (Å²) < 4.78 is 10.3. The maximum Gasteiger partial charge on any atom is 0.347 e. The van der Waals surface area contributed by atoms with E-state index in [2.05, 4.69) is 0 Å². The zero-order valence-electron chi connectivity index (χ0n) is 9.62. The summed E-state index contributed by atoms with van der Waals surface area (Å²) in [6.07, 6.45) is -0.611. The molecule has 1 rings (SSSR count). The zero-order valence-corrected chi connectivity index (χ0v) is 10.4. The van der Waals surface area contributed by atoms with Crippen molar-refractivity contribution in [1.29, 1.82) is 0 Å². The quantitative estimate of drug-likeness (QED) is 0.762. The first-order chi connectivity index (χ1) is 7.54. The first-order valence-corrected chi connectivity index (χ1v) is 5.51. The number of halogens is 1. The minimum Gasteiger partial charge on any atom is -0.479 e. The third-order valence-electron chi connectivity index (χ3n) is 2.06. The molecule has 88 valence electrons. The van der Waals surface area contributed by atoms with Crippen molar-refractivity contribution in [2.45, 2.75) is 26.9 Å². The molecule has 1 aromatic rings. The molecule has 0 N–H and O–H groups in total. The van der Waals surface area contributed by atoms with E-state index in [1.165, 1.54) is 0 Å². The SMILES string of the molecule is CCOC(=O)C(C)Oc1ccc(Cl)cc1C. The molecule has 0 heterocycles. The first-order valence-electron chi connectivity index (χ1n) is 5.14. The Kier molecular flexibility index (Phi) is 4.62. The highest BCUT2D eigenvalue weighted by Gasteiger charge is 2.16. The monoisotopic (exact) mass is 242 g/mol. The van der Waals surface area contributed by atoms with Gasteiger partial charge in [-0.05, 0) is 44.5 Å². The fourth-order valence-electron chi connectivity index (χ4n) is 1.24. The van der Waals surface area contributed by atoms with Crippen molar-refractivity contribution in [3.05, 3.63) is 28.8 Å². The standard InChI is InChI=1S/C12H15ClO3/c1-4-15-12(14)9(3)16-11-6-5-10(13)7-8(11)2/h5-7,9H,4H2,1-3H3. The van der Waals surface area contributed by atoms with Crippen molar-refractivity contribution in [3.8, 4) is 5.75 Å². The summed E-state index contributed by atoms with van der Waals surface area (Å²) in [5.74, 6) is 0.279. The highest BCUT2D eigenvalue weighted by Crippen LogP contribution is 2.22. The van der Waals surface area contributed by atoms with Crippen molar-refractivity contribution in [2.75, 3.05) is 6.61 Å². The summed E-state index contributed by atoms with van der Waals surface area (Å²) in [6.45, 7) is 5.65. The van der Waals surface area contributed by atoms with E-state index < -0.39 is 6.10 Å². The van der Waals surface area contributed by atoms with Crippen molar-refractivity contribution in [3.63, 3.8) is 0 Å². The van der Waals surface area contributed by atoms with Gasteiger partial charge in [0.25, 0.3) is 0 Å². The second-order valence-electron chi connectivity index (χ2n) is 3.42. The van der Waals surface area contributed by atoms with Crippen LogP contribution >= 0.6 is 11.6 Å². The van der Waals surface area contributed by atoms with E-state index in [1.54, 1.807) is 32.0 Å². The third-order valence-corrected chi connectivity index (χ3v) is 2.29. The molecule has 0 aliphatic rings. The molecule has 0 fully saturated rings. The molecule has 1 aromatic carbocycles. The normalized spacial score (nSPS) is 12.0. The maximum absolute atomic E-state index is 11.4. The lowest BCUT2D eigenvalue weighted by atomic mass is 10.2. The fourth-order valence-corrected chi connectivity index (χ4v) is 1.47. The Labute approximate surface area is 100 Å². The Morgan fingerprint density at radius 3 is 2.75 bits per heavy atom. The predicted octanol–water partition coefficient (Wildman–Crippen LogP) is 2.98. The fraction of sp³-hybridized carbons (Fsp3) is 0.417. The molecule has 1 unspecified atom stereocenters. The van der Waals surface area contributed by atoms with Crippen molar-refractivity contribution >= 4 is 17.6 Å². The average Bonchev–Trinajstić information content (AvgIpc) is 2.22. The molecule has 16 heavy (non-hydrogen) atoms. The Morgan fingerprint density at radius 2 is 2.19 bits per heavy atom. The molecular weight excluding hydrogens is 228 g/mol. The summed E-state index contributed by atoms with van der Waals surface area (Å²) in [4.78, 5) is 11.4. The van der Waals surface area contributed by atoms with E-state index in [-0.39, 0.29) is 5.97 Å². The summed E-state index contributed by atoms with van der Waals surface area (Å²) in [5, 5.41) is 0.647. The number of rotatable bonds is 4. The van der Waals surface area contributed by atoms with Crippen LogP contribution in [0.5, 0.6) is 5.75 Å². The average molecular weight is 243 g/mol. The lowest BCUT2D eigenvalue weighted by molar-refractivity contribution is -0.150. The largest absolute Gasteiger partial charge is 0.479 e. The predicted molar refractivity (Wildman–Crippen MR) is 62.9 cm³/mol. The lowest BCUT2D eigenvalue weighted by Crippen LogP contribution is -2.26. The molecule has 0 aliphatic carbocycles. The molecule has 0 radical (unpaired) electrons. The van der Waals surface area contributed by atoms with Crippen LogP contribution in [0.3, 0.4) is 0 Å². The lowest BCUT2D eigenvalue weighted by Gasteiger charge is -2.15. The van der Waals surface area contributed by atoms with Gasteiger partial charge in [0, 0.05) is 5.02 Å². The summed E-state index contributed by atoms with van der Waals surface area (Å²) in [7, 11) is 0. The number of aryl methyl sites for hydroxylation is 1. The van der Waals surface area contributed by atoms with Crippen LogP contribution in [-0.4, -0.2) is 18.7 Å². The maximum atomic E-state index is 11.4. The molecule has 0 saturated heterocycles. The number of hydrogen-bond donors (Lipinski definition) is 0. The van der Waals surface area contributed by atoms with Gasteiger partial charge in [0.15, 0.2) is 6.10 Å². The number of carbonyl (C=O) groups excluding carboxylic acids is 1. The second-order valence-corrected chi connectivity index (χ2v) is 3.86. The summed E-state index contributed by atoms with van der Waals surface area (Å²) in [6, 6.07) is 5.25. The van der Waals surface area contributed by atoms with Gasteiger partial charge in [-0.2, -0.15) is 0 Å². The van der Waals surface area contributed by atoms with Crippen LogP contribution in [0.2, 0.25) is 5.02 Å². The third kappa shape index (κ3) is 3.42. The van der Waals surface area contributed by atoms with Crippen LogP contribution in [-0.2, 0) is 9.53 Å². The highest BCUT2D eigenvalue weighted by atomic mass is 35.5. The van der Waals surface area contributed by atoms with Crippen LogP contribution in [0.25, 0.3) is 0 Å². The summed E-state index contributed by atoms with van der Waals surface area (Å²) in [5.41, 5.74) is 0.892. The van der Waals surface area contributed by atoms with E-state index in [9.17, 15) is 4.79 Å². The minimum absolute atomic E-state index is 0.353. The van der Waals surface area contributed by atoms with Gasteiger partial charge >= 0.3 is 5.97 Å². The van der Waals surface area contributed by atoms with Gasteiger partial charge in [-0.15, -0.1) is 0 Å². The van der Waals surface area contributed by atoms with Crippen molar-refractivity contribution in [1.82, 2.24) is 0 Å². The topological polar surface area (TPSA) is 35.5 Å². The molecule has 4 heteroatoms. The molecule has 3 nitrogen and oxygen atoms in total. The van der Waals surface area contributed by atoms with Gasteiger partial charge in [0.2, 0.25) is 0 Å². The molecule has 0 saturated carbocycles. The molecule has 1 atom stereocenters. The Bertz CT molecular complexity index is 377. The molecular formula is C12H15ClO3. The van der Waals surface area contributed by atoms with E-state index >= 15 is 0 Å². The van der Waals surface area contributed by atoms with E-state index in [1.807, 2.05) is 6.92 Å². The van der Waals surface area contributed by atoms with Gasteiger partial charge < -0.3 is 9.47 Å². The smallest absolute Gasteiger partial charge is 0.347 e. The van der Waals surface area contributed by atoms with Crippen LogP contribution in [0.15, 0.2) is 18.2 Å². The van der Waals surface area contributed by atoms with Gasteiger partial charge in [0.1, 0.15) is 5.75 Å². The number of benzene rings is 1. The Morgan fingerprint density at radius 1 is 1.50 bits per heavy atom. The van der Waals surface area contributed by atoms with Crippen LogP contribution < -0.4 is 4.74 Å². The molecule has 0 aliphatic heterocycles. The van der Waals surface area contributed by atoms with Crippen LogP contribution in [0, 0.1) is 6.92 Å². The van der Waals surface area contributed by atoms with Crippen LogP contribution in [0.1, 0.15) is 19.4 Å². The molecule has 0 spiro atoms. The number of hydrogen-bond acceptors (Lipinski definition) is 3. The van der Waals surface area contributed by atoms with Crippen LogP contribution in [0.4, 0.5) is 0 Å². The summed E-state index contributed by atoms with van der Waals surface area (Å²) >= 11 is 5.82. The van der Waals surface area contributed by atoms with Gasteiger partial charge in [-0.25, -0.2) is 4.79 Å². The highest BCUT2D eigenvalue weighted by molar-refractivity contribution is 6.30.